The minimum Gasteiger partial charge on any atom is -0.378 e. The lowest BCUT2D eigenvalue weighted by atomic mass is 9.60. The van der Waals surface area contributed by atoms with Crippen LogP contribution in [0, 0.1) is 23.1 Å². The second-order valence-electron chi connectivity index (χ2n) is 7.29. The first kappa shape index (κ1) is 16.9. The van der Waals surface area contributed by atoms with Crippen LogP contribution in [0.4, 0.5) is 5.13 Å². The van der Waals surface area contributed by atoms with Gasteiger partial charge in [0.05, 0.1) is 5.69 Å². The van der Waals surface area contributed by atoms with Gasteiger partial charge in [-0.25, -0.2) is 4.98 Å². The van der Waals surface area contributed by atoms with Gasteiger partial charge >= 0.3 is 0 Å². The standard InChI is InChI=1S/C20H21ClN2OS/c21-9-8-20(24)11-14-6-7-16-18(23-19(22)25-16)17(14)15(12-20)10-13-4-2-1-3-5-13/h1-5,14-15,17,24H,6-7,10-12H2,(H2,22,23)/t14-,15?,17+,20+/m0/s1. The molecule has 0 saturated heterocycles. The summed E-state index contributed by atoms with van der Waals surface area (Å²) in [5.74, 6) is 3.87. The van der Waals surface area contributed by atoms with E-state index in [1.54, 1.807) is 11.3 Å². The Bertz CT molecular complexity index is 825. The van der Waals surface area contributed by atoms with E-state index in [1.165, 1.54) is 16.1 Å². The third-order valence-electron chi connectivity index (χ3n) is 5.64. The van der Waals surface area contributed by atoms with Gasteiger partial charge in [-0.15, -0.1) is 11.3 Å². The van der Waals surface area contributed by atoms with Crippen molar-refractivity contribution in [3.8, 4) is 11.3 Å². The fourth-order valence-corrected chi connectivity index (χ4v) is 5.84. The summed E-state index contributed by atoms with van der Waals surface area (Å²) in [5, 5.41) is 14.1. The molecule has 2 aromatic rings. The SMILES string of the molecule is Nc1nc2c(s1)CC[C@H]1C[C@](O)(C#CCl)CC(Cc3ccccc3)[C@H]21. The van der Waals surface area contributed by atoms with Crippen LogP contribution in [0.2, 0.25) is 0 Å². The molecule has 3 N–H and O–H groups in total. The molecule has 1 aromatic carbocycles. The van der Waals surface area contributed by atoms with E-state index < -0.39 is 5.60 Å². The molecule has 1 aromatic heterocycles. The number of halogens is 1. The molecular weight excluding hydrogens is 352 g/mol. The fourth-order valence-electron chi connectivity index (χ4n) is 4.76. The Balaban J connectivity index is 1.72. The summed E-state index contributed by atoms with van der Waals surface area (Å²) < 4.78 is 0. The first-order valence-corrected chi connectivity index (χ1v) is 9.91. The molecule has 2 aliphatic rings. The minimum absolute atomic E-state index is 0.282. The quantitative estimate of drug-likeness (QED) is 0.784. The van der Waals surface area contributed by atoms with E-state index in [0.29, 0.717) is 29.8 Å². The highest BCUT2D eigenvalue weighted by Gasteiger charge is 2.48. The number of aliphatic hydroxyl groups is 1. The van der Waals surface area contributed by atoms with Crippen LogP contribution >= 0.6 is 22.9 Å². The van der Waals surface area contributed by atoms with Crippen molar-refractivity contribution in [2.75, 3.05) is 5.73 Å². The lowest BCUT2D eigenvalue weighted by Crippen LogP contribution is -2.44. The first-order valence-electron chi connectivity index (χ1n) is 8.72. The maximum atomic E-state index is 11.0. The zero-order valence-electron chi connectivity index (χ0n) is 13.9. The Morgan fingerprint density at radius 3 is 2.88 bits per heavy atom. The van der Waals surface area contributed by atoms with E-state index in [4.69, 9.17) is 17.3 Å². The van der Waals surface area contributed by atoms with E-state index in [9.17, 15) is 5.11 Å². The second-order valence-corrected chi connectivity index (χ2v) is 8.60. The number of fused-ring (bicyclic) bond motifs is 3. The Labute approximate surface area is 157 Å². The van der Waals surface area contributed by atoms with Crippen molar-refractivity contribution in [1.29, 1.82) is 0 Å². The monoisotopic (exact) mass is 372 g/mol. The Hall–Kier alpha value is -1.54. The smallest absolute Gasteiger partial charge is 0.180 e. The number of rotatable bonds is 2. The average Bonchev–Trinajstić information content (AvgIpc) is 2.95. The fraction of sp³-hybridized carbons (Fsp3) is 0.450. The van der Waals surface area contributed by atoms with Crippen molar-refractivity contribution in [1.82, 2.24) is 4.98 Å². The van der Waals surface area contributed by atoms with Crippen LogP contribution in [0.25, 0.3) is 0 Å². The molecule has 0 radical (unpaired) electrons. The molecule has 1 unspecified atom stereocenters. The number of benzene rings is 1. The third kappa shape index (κ3) is 3.29. The van der Waals surface area contributed by atoms with E-state index in [1.807, 2.05) is 6.07 Å². The van der Waals surface area contributed by atoms with Gasteiger partial charge in [-0.1, -0.05) is 36.3 Å². The maximum absolute atomic E-state index is 11.0. The number of thiazole rings is 1. The molecule has 1 heterocycles. The van der Waals surface area contributed by atoms with Gasteiger partial charge in [0.15, 0.2) is 5.13 Å². The molecule has 0 bridgehead atoms. The lowest BCUT2D eigenvalue weighted by molar-refractivity contribution is -0.00635. The van der Waals surface area contributed by atoms with Crippen molar-refractivity contribution in [3.63, 3.8) is 0 Å². The van der Waals surface area contributed by atoms with Crippen molar-refractivity contribution in [3.05, 3.63) is 46.5 Å². The molecule has 0 amide bonds. The van der Waals surface area contributed by atoms with Gasteiger partial charge in [0.1, 0.15) is 5.60 Å². The van der Waals surface area contributed by atoms with Crippen molar-refractivity contribution >= 4 is 28.1 Å². The van der Waals surface area contributed by atoms with Gasteiger partial charge in [-0.05, 0) is 61.1 Å². The number of nitrogens with zero attached hydrogens (tertiary/aromatic N) is 1. The number of anilines is 1. The normalized spacial score (nSPS) is 30.7. The molecule has 5 heteroatoms. The van der Waals surface area contributed by atoms with Crippen molar-refractivity contribution < 1.29 is 5.11 Å². The van der Waals surface area contributed by atoms with Crippen LogP contribution in [0.5, 0.6) is 0 Å². The molecule has 2 aliphatic carbocycles. The summed E-state index contributed by atoms with van der Waals surface area (Å²) in [7, 11) is 0. The molecular formula is C20H21ClN2OS. The van der Waals surface area contributed by atoms with E-state index in [2.05, 4.69) is 40.5 Å². The zero-order chi connectivity index (χ0) is 17.4. The summed E-state index contributed by atoms with van der Waals surface area (Å²) in [6.07, 6.45) is 4.25. The molecule has 1 saturated carbocycles. The number of hydrogen-bond acceptors (Lipinski definition) is 4. The summed E-state index contributed by atoms with van der Waals surface area (Å²) in [6, 6.07) is 10.5. The second kappa shape index (κ2) is 6.64. The molecule has 1 fully saturated rings. The van der Waals surface area contributed by atoms with Crippen LogP contribution in [0.3, 0.4) is 0 Å². The molecule has 3 nitrogen and oxygen atoms in total. The highest BCUT2D eigenvalue weighted by molar-refractivity contribution is 7.15. The summed E-state index contributed by atoms with van der Waals surface area (Å²) in [5.41, 5.74) is 7.45. The van der Waals surface area contributed by atoms with Crippen molar-refractivity contribution in [2.45, 2.75) is 43.6 Å². The van der Waals surface area contributed by atoms with Crippen LogP contribution in [-0.2, 0) is 12.8 Å². The zero-order valence-corrected chi connectivity index (χ0v) is 15.5. The molecule has 0 spiro atoms. The number of aromatic nitrogens is 1. The Morgan fingerprint density at radius 1 is 1.32 bits per heavy atom. The number of hydrogen-bond donors (Lipinski definition) is 2. The van der Waals surface area contributed by atoms with Gasteiger partial charge < -0.3 is 10.8 Å². The van der Waals surface area contributed by atoms with Gasteiger partial charge in [0.25, 0.3) is 0 Å². The van der Waals surface area contributed by atoms with E-state index in [0.717, 1.165) is 19.3 Å². The molecule has 130 valence electrons. The van der Waals surface area contributed by atoms with Crippen molar-refractivity contribution in [2.24, 2.45) is 11.8 Å². The summed E-state index contributed by atoms with van der Waals surface area (Å²) in [6.45, 7) is 0. The first-order chi connectivity index (χ1) is 12.1. The summed E-state index contributed by atoms with van der Waals surface area (Å²) >= 11 is 7.26. The topological polar surface area (TPSA) is 59.1 Å². The van der Waals surface area contributed by atoms with E-state index >= 15 is 0 Å². The van der Waals surface area contributed by atoms with E-state index in [-0.39, 0.29) is 5.92 Å². The Kier molecular flexibility index (Phi) is 4.49. The van der Waals surface area contributed by atoms with Gasteiger partial charge in [0.2, 0.25) is 0 Å². The third-order valence-corrected chi connectivity index (χ3v) is 6.69. The Morgan fingerprint density at radius 2 is 2.12 bits per heavy atom. The van der Waals surface area contributed by atoms with Crippen LogP contribution in [-0.4, -0.2) is 15.7 Å². The molecule has 0 aliphatic heterocycles. The van der Waals surface area contributed by atoms with Crippen LogP contribution in [0.15, 0.2) is 30.3 Å². The number of nitrogen functional groups attached to an aromatic ring is 1. The summed E-state index contributed by atoms with van der Waals surface area (Å²) in [4.78, 5) is 6.00. The van der Waals surface area contributed by atoms with Crippen LogP contribution in [0.1, 0.15) is 41.3 Å². The lowest BCUT2D eigenvalue weighted by Gasteiger charge is -2.46. The molecule has 25 heavy (non-hydrogen) atoms. The number of aryl methyl sites for hydroxylation is 1. The maximum Gasteiger partial charge on any atom is 0.180 e. The predicted octanol–water partition coefficient (Wildman–Crippen LogP) is 3.95. The molecule has 4 atom stereocenters. The van der Waals surface area contributed by atoms with Crippen LogP contribution < -0.4 is 5.73 Å². The largest absolute Gasteiger partial charge is 0.378 e. The van der Waals surface area contributed by atoms with Gasteiger partial charge in [0, 0.05) is 16.2 Å². The van der Waals surface area contributed by atoms with Gasteiger partial charge in [-0.3, -0.25) is 0 Å². The highest BCUT2D eigenvalue weighted by Crippen LogP contribution is 2.52. The predicted molar refractivity (Wildman–Crippen MR) is 103 cm³/mol. The highest BCUT2D eigenvalue weighted by atomic mass is 35.5. The number of nitrogens with two attached hydrogens (primary N) is 1. The average molecular weight is 373 g/mol. The minimum atomic E-state index is -0.999. The molecule has 4 rings (SSSR count). The van der Waals surface area contributed by atoms with Gasteiger partial charge in [-0.2, -0.15) is 0 Å².